The molecule has 0 unspecified atom stereocenters. The summed E-state index contributed by atoms with van der Waals surface area (Å²) in [6.45, 7) is 1.78. The molecule has 31 heavy (non-hydrogen) atoms. The molecule has 2 N–H and O–H groups in total. The number of nitrogens with zero attached hydrogens (tertiary/aromatic N) is 5. The third-order valence-electron chi connectivity index (χ3n) is 5.55. The average molecular weight is 426 g/mol. The lowest BCUT2D eigenvalue weighted by Gasteiger charge is -2.27. The van der Waals surface area contributed by atoms with Crippen LogP contribution in [0.5, 0.6) is 0 Å². The summed E-state index contributed by atoms with van der Waals surface area (Å²) in [4.78, 5) is 23.5. The van der Waals surface area contributed by atoms with Crippen LogP contribution in [0.2, 0.25) is 0 Å². The summed E-state index contributed by atoms with van der Waals surface area (Å²) in [5, 5.41) is 4.43. The first kappa shape index (κ1) is 18.0. The number of fused-ring (bicyclic) bond motifs is 2. The van der Waals surface area contributed by atoms with Crippen LogP contribution in [-0.2, 0) is 0 Å². The lowest BCUT2D eigenvalue weighted by atomic mass is 10.0. The highest BCUT2D eigenvalue weighted by Gasteiger charge is 2.17. The minimum absolute atomic E-state index is 0.794. The second-order valence-electron chi connectivity index (χ2n) is 7.44. The predicted molar refractivity (Wildman–Crippen MR) is 126 cm³/mol. The van der Waals surface area contributed by atoms with Crippen molar-refractivity contribution in [3.63, 3.8) is 0 Å². The van der Waals surface area contributed by atoms with Crippen LogP contribution in [0, 0.1) is 0 Å². The van der Waals surface area contributed by atoms with E-state index in [1.54, 1.807) is 17.7 Å². The van der Waals surface area contributed by atoms with Crippen LogP contribution in [0.25, 0.3) is 26.8 Å². The van der Waals surface area contributed by atoms with Gasteiger partial charge < -0.3 is 15.2 Å². The van der Waals surface area contributed by atoms with Crippen molar-refractivity contribution in [3.8, 4) is 0 Å². The van der Waals surface area contributed by atoms with Crippen LogP contribution in [-0.4, -0.2) is 38.0 Å². The molecule has 5 heterocycles. The molecule has 0 fully saturated rings. The van der Waals surface area contributed by atoms with Crippen LogP contribution < -0.4 is 10.2 Å². The molecule has 5 aromatic rings. The zero-order chi connectivity index (χ0) is 20.6. The molecule has 0 amide bonds. The topological polar surface area (TPSA) is 82.6 Å². The molecule has 7 nitrogen and oxygen atoms in total. The van der Waals surface area contributed by atoms with Crippen molar-refractivity contribution in [2.75, 3.05) is 23.3 Å². The number of anilines is 3. The van der Waals surface area contributed by atoms with Crippen LogP contribution in [0.1, 0.15) is 12.1 Å². The van der Waals surface area contributed by atoms with Gasteiger partial charge in [-0.25, -0.2) is 19.9 Å². The number of aromatic amines is 1. The zero-order valence-corrected chi connectivity index (χ0v) is 17.4. The van der Waals surface area contributed by atoms with Gasteiger partial charge in [0, 0.05) is 30.7 Å². The third-order valence-corrected chi connectivity index (χ3v) is 6.34. The molecule has 6 rings (SSSR count). The Morgan fingerprint density at radius 1 is 1.03 bits per heavy atom. The number of hydrogen-bond acceptors (Lipinski definition) is 7. The Hall–Kier alpha value is -3.78. The van der Waals surface area contributed by atoms with Gasteiger partial charge in [-0.1, -0.05) is 12.1 Å². The number of hydrogen-bond donors (Lipinski definition) is 2. The van der Waals surface area contributed by atoms with Crippen molar-refractivity contribution in [2.24, 2.45) is 0 Å². The molecule has 0 spiro atoms. The van der Waals surface area contributed by atoms with Gasteiger partial charge in [0.1, 0.15) is 23.6 Å². The van der Waals surface area contributed by atoms with Crippen LogP contribution >= 0.6 is 11.3 Å². The molecule has 0 saturated heterocycles. The Labute approximate surface area is 182 Å². The first-order chi connectivity index (χ1) is 15.3. The van der Waals surface area contributed by atoms with Gasteiger partial charge in [-0.05, 0) is 48.4 Å². The van der Waals surface area contributed by atoms with Crippen molar-refractivity contribution < 1.29 is 0 Å². The largest absolute Gasteiger partial charge is 0.353 e. The van der Waals surface area contributed by atoms with Gasteiger partial charge in [-0.3, -0.25) is 0 Å². The maximum Gasteiger partial charge on any atom is 0.143 e. The molecule has 0 radical (unpaired) electrons. The number of thiazole rings is 1. The summed E-state index contributed by atoms with van der Waals surface area (Å²) in [6.07, 6.45) is 6.64. The van der Waals surface area contributed by atoms with Gasteiger partial charge in [0.15, 0.2) is 0 Å². The summed E-state index contributed by atoms with van der Waals surface area (Å²) in [6, 6.07) is 14.3. The van der Waals surface area contributed by atoms with Crippen molar-refractivity contribution in [3.05, 3.63) is 72.3 Å². The van der Waals surface area contributed by atoms with E-state index in [0.29, 0.717) is 0 Å². The molecule has 0 bridgehead atoms. The third kappa shape index (κ3) is 3.40. The van der Waals surface area contributed by atoms with Gasteiger partial charge >= 0.3 is 0 Å². The van der Waals surface area contributed by atoms with Crippen LogP contribution in [0.15, 0.2) is 66.6 Å². The van der Waals surface area contributed by atoms with E-state index in [9.17, 15) is 0 Å². The Morgan fingerprint density at radius 3 is 2.90 bits per heavy atom. The molecule has 152 valence electrons. The Kier molecular flexibility index (Phi) is 4.35. The van der Waals surface area contributed by atoms with Crippen molar-refractivity contribution in [1.29, 1.82) is 0 Å². The molecule has 8 heteroatoms. The molecule has 1 aliphatic rings. The van der Waals surface area contributed by atoms with E-state index in [2.05, 4.69) is 59.4 Å². The second-order valence-corrected chi connectivity index (χ2v) is 8.33. The van der Waals surface area contributed by atoms with Gasteiger partial charge in [-0.15, -0.1) is 11.3 Å². The van der Waals surface area contributed by atoms with E-state index in [1.807, 2.05) is 36.0 Å². The average Bonchev–Trinajstić information content (AvgIpc) is 3.47. The number of H-pyrrole nitrogens is 1. The maximum absolute atomic E-state index is 4.49. The Bertz CT molecular complexity index is 1400. The fraction of sp³-hybridized carbons (Fsp3) is 0.130. The second kappa shape index (κ2) is 7.48. The fourth-order valence-electron chi connectivity index (χ4n) is 3.94. The van der Waals surface area contributed by atoms with E-state index < -0.39 is 0 Å². The molecular formula is C23H19N7S. The Balaban J connectivity index is 1.28. The monoisotopic (exact) mass is 425 g/mol. The molecule has 0 atom stereocenters. The van der Waals surface area contributed by atoms with E-state index in [4.69, 9.17) is 0 Å². The van der Waals surface area contributed by atoms with E-state index in [-0.39, 0.29) is 0 Å². The molecule has 0 aliphatic carbocycles. The molecule has 1 aromatic carbocycles. The van der Waals surface area contributed by atoms with Crippen molar-refractivity contribution in [1.82, 2.24) is 24.9 Å². The number of benzene rings is 1. The van der Waals surface area contributed by atoms with Crippen LogP contribution in [0.4, 0.5) is 17.3 Å². The van der Waals surface area contributed by atoms with E-state index in [0.717, 1.165) is 63.8 Å². The van der Waals surface area contributed by atoms with E-state index in [1.165, 1.54) is 5.57 Å². The molecule has 4 aromatic heterocycles. The minimum Gasteiger partial charge on any atom is -0.353 e. The summed E-state index contributed by atoms with van der Waals surface area (Å²) in [5.41, 5.74) is 7.08. The van der Waals surface area contributed by atoms with E-state index >= 15 is 0 Å². The predicted octanol–water partition coefficient (Wildman–Crippen LogP) is 5.00. The number of aromatic nitrogens is 5. The maximum atomic E-state index is 4.49. The normalized spacial score (nSPS) is 14.2. The number of rotatable bonds is 4. The number of pyridine rings is 1. The van der Waals surface area contributed by atoms with Gasteiger partial charge in [-0.2, -0.15) is 0 Å². The Morgan fingerprint density at radius 2 is 2.03 bits per heavy atom. The van der Waals surface area contributed by atoms with Crippen molar-refractivity contribution in [2.45, 2.75) is 6.42 Å². The molecule has 0 saturated carbocycles. The highest BCUT2D eigenvalue weighted by Crippen LogP contribution is 2.31. The SMILES string of the molecule is C1=C(c2cc3c(Nc4ccc5ncsc5c4)ncnc3[nH]2)CCN(c2ccccn2)C1. The highest BCUT2D eigenvalue weighted by molar-refractivity contribution is 7.16. The number of nitrogens with one attached hydrogen (secondary N) is 2. The smallest absolute Gasteiger partial charge is 0.143 e. The molecule has 1 aliphatic heterocycles. The first-order valence-corrected chi connectivity index (χ1v) is 11.0. The molecular weight excluding hydrogens is 406 g/mol. The first-order valence-electron chi connectivity index (χ1n) is 10.1. The van der Waals surface area contributed by atoms with Gasteiger partial charge in [0.2, 0.25) is 0 Å². The van der Waals surface area contributed by atoms with Gasteiger partial charge in [0.25, 0.3) is 0 Å². The van der Waals surface area contributed by atoms with Crippen LogP contribution in [0.3, 0.4) is 0 Å². The summed E-state index contributed by atoms with van der Waals surface area (Å²) < 4.78 is 1.15. The van der Waals surface area contributed by atoms with Gasteiger partial charge in [0.05, 0.1) is 21.1 Å². The minimum atomic E-state index is 0.794. The summed E-state index contributed by atoms with van der Waals surface area (Å²) in [7, 11) is 0. The lowest BCUT2D eigenvalue weighted by molar-refractivity contribution is 0.815. The summed E-state index contributed by atoms with van der Waals surface area (Å²) in [5.74, 6) is 1.81. The van der Waals surface area contributed by atoms with Crippen molar-refractivity contribution >= 4 is 55.5 Å². The zero-order valence-electron chi connectivity index (χ0n) is 16.6. The highest BCUT2D eigenvalue weighted by atomic mass is 32.1. The lowest BCUT2D eigenvalue weighted by Crippen LogP contribution is -2.28. The summed E-state index contributed by atoms with van der Waals surface area (Å²) >= 11 is 1.63. The standard InChI is InChI=1S/C23H19N7S/c1-2-8-24-21(3-1)30-9-6-15(7-10-30)19-12-17-22(25-13-26-23(17)29-19)28-16-4-5-18-20(11-16)31-14-27-18/h1-6,8,11-14H,7,9-10H2,(H2,25,26,28,29). The quantitative estimate of drug-likeness (QED) is 0.422. The fourth-order valence-corrected chi connectivity index (χ4v) is 4.66.